The van der Waals surface area contributed by atoms with E-state index in [1.807, 2.05) is 31.2 Å². The molecule has 6 nitrogen and oxygen atoms in total. The fourth-order valence-electron chi connectivity index (χ4n) is 4.00. The number of hydrogen-bond acceptors (Lipinski definition) is 6. The Hall–Kier alpha value is -2.99. The fourth-order valence-corrected chi connectivity index (χ4v) is 4.00. The molecule has 1 aromatic heterocycles. The smallest absolute Gasteiger partial charge is 0.196 e. The predicted molar refractivity (Wildman–Crippen MR) is 119 cm³/mol. The minimum Gasteiger partial charge on any atom is -0.496 e. The van der Waals surface area contributed by atoms with Crippen LogP contribution in [0.15, 0.2) is 57.7 Å². The zero-order valence-electron chi connectivity index (χ0n) is 17.6. The number of ether oxygens (including phenoxy) is 2. The van der Waals surface area contributed by atoms with Gasteiger partial charge in [-0.15, -0.1) is 0 Å². The lowest BCUT2D eigenvalue weighted by Gasteiger charge is -2.36. The van der Waals surface area contributed by atoms with Gasteiger partial charge in [-0.25, -0.2) is 0 Å². The Kier molecular flexibility index (Phi) is 6.23. The van der Waals surface area contributed by atoms with Crippen LogP contribution in [0.4, 0.5) is 5.69 Å². The van der Waals surface area contributed by atoms with Gasteiger partial charge in [-0.2, -0.15) is 0 Å². The van der Waals surface area contributed by atoms with Crippen molar-refractivity contribution in [1.82, 2.24) is 4.90 Å². The monoisotopic (exact) mass is 408 g/mol. The topological polar surface area (TPSA) is 55.2 Å². The Bertz CT molecular complexity index is 1050. The number of para-hydroxylation sites is 2. The van der Waals surface area contributed by atoms with Crippen molar-refractivity contribution >= 4 is 16.7 Å². The molecule has 0 N–H and O–H groups in total. The van der Waals surface area contributed by atoms with Gasteiger partial charge in [0, 0.05) is 45.2 Å². The van der Waals surface area contributed by atoms with Crippen molar-refractivity contribution in [3.8, 4) is 11.5 Å². The third kappa shape index (κ3) is 4.28. The number of nitrogens with zero attached hydrogens (tertiary/aromatic N) is 2. The molecule has 0 saturated carbocycles. The van der Waals surface area contributed by atoms with Crippen molar-refractivity contribution in [1.29, 1.82) is 0 Å². The molecule has 6 heteroatoms. The third-order valence-corrected chi connectivity index (χ3v) is 5.54. The van der Waals surface area contributed by atoms with E-state index in [1.54, 1.807) is 19.2 Å². The highest BCUT2D eigenvalue weighted by atomic mass is 16.5. The van der Waals surface area contributed by atoms with Crippen molar-refractivity contribution in [3.05, 3.63) is 64.5 Å². The molecule has 2 heterocycles. The largest absolute Gasteiger partial charge is 0.496 e. The van der Waals surface area contributed by atoms with E-state index in [2.05, 4.69) is 21.9 Å². The first-order chi connectivity index (χ1) is 14.7. The lowest BCUT2D eigenvalue weighted by Crippen LogP contribution is -2.47. The van der Waals surface area contributed by atoms with Crippen LogP contribution in [0.5, 0.6) is 11.5 Å². The van der Waals surface area contributed by atoms with Crippen molar-refractivity contribution in [3.63, 3.8) is 0 Å². The molecular formula is C24H28N2O4. The van der Waals surface area contributed by atoms with Crippen LogP contribution in [0.1, 0.15) is 12.7 Å². The van der Waals surface area contributed by atoms with Gasteiger partial charge in [0.05, 0.1) is 19.4 Å². The maximum atomic E-state index is 12.5. The van der Waals surface area contributed by atoms with Crippen LogP contribution in [-0.4, -0.2) is 51.3 Å². The van der Waals surface area contributed by atoms with E-state index >= 15 is 0 Å². The second-order valence-electron chi connectivity index (χ2n) is 7.39. The normalized spacial score (nSPS) is 14.8. The van der Waals surface area contributed by atoms with Gasteiger partial charge in [0.25, 0.3) is 0 Å². The van der Waals surface area contributed by atoms with Crippen LogP contribution in [0.2, 0.25) is 0 Å². The summed E-state index contributed by atoms with van der Waals surface area (Å²) in [7, 11) is 1.56. The van der Waals surface area contributed by atoms with Crippen LogP contribution in [-0.2, 0) is 6.42 Å². The molecular weight excluding hydrogens is 380 g/mol. The molecule has 0 spiro atoms. The van der Waals surface area contributed by atoms with E-state index in [1.165, 1.54) is 0 Å². The molecule has 0 atom stereocenters. The summed E-state index contributed by atoms with van der Waals surface area (Å²) in [5, 5.41) is 0.505. The average molecular weight is 408 g/mol. The molecule has 30 heavy (non-hydrogen) atoms. The number of piperazine rings is 1. The summed E-state index contributed by atoms with van der Waals surface area (Å²) in [5.41, 5.74) is 1.68. The summed E-state index contributed by atoms with van der Waals surface area (Å²) in [5.74, 6) is 2.21. The van der Waals surface area contributed by atoms with Gasteiger partial charge < -0.3 is 18.8 Å². The summed E-state index contributed by atoms with van der Waals surface area (Å²) in [6.07, 6.45) is 0.706. The van der Waals surface area contributed by atoms with Crippen LogP contribution < -0.4 is 19.8 Å². The SMILES string of the molecule is CCOc1ccccc1N1CCN(CCc2cc(=O)c3c(OC)cccc3o2)CC1. The van der Waals surface area contributed by atoms with E-state index in [0.717, 1.165) is 44.2 Å². The van der Waals surface area contributed by atoms with E-state index < -0.39 is 0 Å². The van der Waals surface area contributed by atoms with Crippen molar-refractivity contribution < 1.29 is 13.9 Å². The highest BCUT2D eigenvalue weighted by Gasteiger charge is 2.20. The minimum absolute atomic E-state index is 0.0546. The summed E-state index contributed by atoms with van der Waals surface area (Å²) in [6.45, 7) is 7.36. The molecule has 1 aliphatic rings. The van der Waals surface area contributed by atoms with Gasteiger partial charge in [-0.1, -0.05) is 18.2 Å². The minimum atomic E-state index is -0.0546. The Morgan fingerprint density at radius 1 is 1.00 bits per heavy atom. The number of rotatable bonds is 7. The average Bonchev–Trinajstić information content (AvgIpc) is 2.78. The Morgan fingerprint density at radius 3 is 2.53 bits per heavy atom. The first-order valence-corrected chi connectivity index (χ1v) is 10.5. The van der Waals surface area contributed by atoms with E-state index in [9.17, 15) is 4.79 Å². The van der Waals surface area contributed by atoms with Gasteiger partial charge >= 0.3 is 0 Å². The molecule has 0 unspecified atom stereocenters. The molecule has 158 valence electrons. The van der Waals surface area contributed by atoms with Gasteiger partial charge in [-0.3, -0.25) is 9.69 Å². The van der Waals surface area contributed by atoms with Crippen LogP contribution in [0.3, 0.4) is 0 Å². The number of methoxy groups -OCH3 is 1. The predicted octanol–water partition coefficient (Wildman–Crippen LogP) is 3.57. The maximum absolute atomic E-state index is 12.5. The Morgan fingerprint density at radius 2 is 1.77 bits per heavy atom. The molecule has 2 aromatic carbocycles. The molecule has 1 saturated heterocycles. The van der Waals surface area contributed by atoms with Gasteiger partial charge in [0.1, 0.15) is 28.2 Å². The van der Waals surface area contributed by atoms with Crippen LogP contribution >= 0.6 is 0 Å². The van der Waals surface area contributed by atoms with E-state index in [0.29, 0.717) is 35.5 Å². The molecule has 3 aromatic rings. The van der Waals surface area contributed by atoms with Crippen molar-refractivity contribution in [2.24, 2.45) is 0 Å². The van der Waals surface area contributed by atoms with Gasteiger partial charge in [0.15, 0.2) is 5.43 Å². The van der Waals surface area contributed by atoms with E-state index in [4.69, 9.17) is 13.9 Å². The highest BCUT2D eigenvalue weighted by Crippen LogP contribution is 2.29. The van der Waals surface area contributed by atoms with Crippen molar-refractivity contribution in [2.45, 2.75) is 13.3 Å². The standard InChI is InChI=1S/C24H28N2O4/c1-3-29-21-8-5-4-7-19(21)26-15-13-25(14-16-26)12-11-18-17-20(27)24-22(28-2)9-6-10-23(24)30-18/h4-10,17H,3,11-16H2,1-2H3. The van der Waals surface area contributed by atoms with E-state index in [-0.39, 0.29) is 5.43 Å². The number of benzene rings is 2. The van der Waals surface area contributed by atoms with Crippen LogP contribution in [0.25, 0.3) is 11.0 Å². The number of hydrogen-bond donors (Lipinski definition) is 0. The quantitative estimate of drug-likeness (QED) is 0.596. The third-order valence-electron chi connectivity index (χ3n) is 5.54. The first kappa shape index (κ1) is 20.3. The summed E-state index contributed by atoms with van der Waals surface area (Å²) >= 11 is 0. The summed E-state index contributed by atoms with van der Waals surface area (Å²) in [6, 6.07) is 15.3. The first-order valence-electron chi connectivity index (χ1n) is 10.5. The molecule has 1 aliphatic heterocycles. The zero-order chi connectivity index (χ0) is 20.9. The molecule has 1 fully saturated rings. The Balaban J connectivity index is 1.38. The van der Waals surface area contributed by atoms with Gasteiger partial charge in [0.2, 0.25) is 0 Å². The second kappa shape index (κ2) is 9.22. The molecule has 0 radical (unpaired) electrons. The number of anilines is 1. The fraction of sp³-hybridized carbons (Fsp3) is 0.375. The molecule has 0 aliphatic carbocycles. The van der Waals surface area contributed by atoms with Crippen LogP contribution in [0, 0.1) is 0 Å². The van der Waals surface area contributed by atoms with Gasteiger partial charge in [-0.05, 0) is 31.2 Å². The zero-order valence-corrected chi connectivity index (χ0v) is 17.6. The lowest BCUT2D eigenvalue weighted by molar-refractivity contribution is 0.254. The summed E-state index contributed by atoms with van der Waals surface area (Å²) in [4.78, 5) is 17.3. The highest BCUT2D eigenvalue weighted by molar-refractivity contribution is 5.83. The Labute approximate surface area is 176 Å². The molecule has 0 amide bonds. The maximum Gasteiger partial charge on any atom is 0.196 e. The molecule has 4 rings (SSSR count). The second-order valence-corrected chi connectivity index (χ2v) is 7.39. The molecule has 0 bridgehead atoms. The number of fused-ring (bicyclic) bond motifs is 1. The lowest BCUT2D eigenvalue weighted by atomic mass is 10.1. The van der Waals surface area contributed by atoms with Crippen molar-refractivity contribution in [2.75, 3.05) is 51.3 Å². The summed E-state index contributed by atoms with van der Waals surface area (Å²) < 4.78 is 17.0.